The highest BCUT2D eigenvalue weighted by Crippen LogP contribution is 2.25. The molecule has 1 unspecified atom stereocenters. The van der Waals surface area contributed by atoms with E-state index in [2.05, 4.69) is 28.7 Å². The maximum absolute atomic E-state index is 8.69. The number of hydrogen-bond acceptors (Lipinski definition) is 7. The van der Waals surface area contributed by atoms with Crippen LogP contribution in [0.2, 0.25) is 0 Å². The average molecular weight is 401 g/mol. The van der Waals surface area contributed by atoms with Crippen molar-refractivity contribution in [2.45, 2.75) is 25.9 Å². The van der Waals surface area contributed by atoms with E-state index in [4.69, 9.17) is 20.6 Å². The molecule has 2 atom stereocenters. The van der Waals surface area contributed by atoms with Gasteiger partial charge in [0.25, 0.3) is 0 Å². The molecule has 1 aromatic carbocycles. The number of anilines is 2. The lowest BCUT2D eigenvalue weighted by molar-refractivity contribution is 0.0678. The topological polar surface area (TPSA) is 92.6 Å². The molecule has 8 nitrogen and oxygen atoms in total. The normalized spacial score (nSPS) is 18.7. The van der Waals surface area contributed by atoms with Gasteiger partial charge >= 0.3 is 0 Å². The molecule has 0 amide bonds. The maximum atomic E-state index is 8.69. The number of ether oxygens (including phenoxy) is 2. The summed E-state index contributed by atoms with van der Waals surface area (Å²) in [5.41, 5.74) is 8.37. The summed E-state index contributed by atoms with van der Waals surface area (Å²) >= 11 is 0. The molecule has 158 valence electrons. The first-order valence-corrected chi connectivity index (χ1v) is 9.92. The molecular weight excluding hydrogens is 368 g/mol. The van der Waals surface area contributed by atoms with E-state index in [0.29, 0.717) is 34.8 Å². The fraction of sp³-hybridized carbons (Fsp3) is 0.524. The van der Waals surface area contributed by atoms with Crippen molar-refractivity contribution >= 4 is 17.2 Å². The van der Waals surface area contributed by atoms with E-state index in [9.17, 15) is 0 Å². The van der Waals surface area contributed by atoms with E-state index < -0.39 is 0 Å². The minimum atomic E-state index is 0.336. The zero-order valence-electron chi connectivity index (χ0n) is 18.0. The Bertz CT molecular complexity index is 865. The van der Waals surface area contributed by atoms with Crippen molar-refractivity contribution in [3.63, 3.8) is 0 Å². The van der Waals surface area contributed by atoms with E-state index in [1.54, 1.807) is 37.1 Å². The number of nitrogens with two attached hydrogens (primary N) is 1. The van der Waals surface area contributed by atoms with Gasteiger partial charge in [-0.2, -0.15) is 5.10 Å². The summed E-state index contributed by atoms with van der Waals surface area (Å²) in [7, 11) is 5.22. The Labute approximate surface area is 172 Å². The SMILES string of the molecule is COCC(C)N1CCN(c2cc(C(=N)c3cc(OC)ccc3N)n(C)n2)C[C@H]1C. The molecule has 2 aromatic rings. The number of rotatable bonds is 7. The van der Waals surface area contributed by atoms with E-state index in [-0.39, 0.29) is 0 Å². The van der Waals surface area contributed by atoms with Crippen LogP contribution in [0.15, 0.2) is 24.3 Å². The van der Waals surface area contributed by atoms with Crippen LogP contribution in [0.4, 0.5) is 11.5 Å². The van der Waals surface area contributed by atoms with Gasteiger partial charge in [-0.25, -0.2) is 0 Å². The van der Waals surface area contributed by atoms with Crippen LogP contribution in [0.5, 0.6) is 5.75 Å². The summed E-state index contributed by atoms with van der Waals surface area (Å²) in [6, 6.07) is 8.12. The third-order valence-electron chi connectivity index (χ3n) is 5.63. The third kappa shape index (κ3) is 4.38. The van der Waals surface area contributed by atoms with Crippen molar-refractivity contribution in [3.8, 4) is 5.75 Å². The molecule has 29 heavy (non-hydrogen) atoms. The Balaban J connectivity index is 1.78. The molecular formula is C21H32N6O2. The molecule has 3 N–H and O–H groups in total. The number of nitrogens with zero attached hydrogens (tertiary/aromatic N) is 4. The Hall–Kier alpha value is -2.58. The van der Waals surface area contributed by atoms with Crippen molar-refractivity contribution < 1.29 is 9.47 Å². The standard InChI is InChI=1S/C21H32N6O2/c1-14-12-26(8-9-27(14)15(2)13-28-4)20-11-19(25(3)24-20)21(23)17-10-16(29-5)6-7-18(17)22/h6-7,10-11,14-15,23H,8-9,12-13,22H2,1-5H3/t14-,15?/m1/s1. The third-order valence-corrected chi connectivity index (χ3v) is 5.63. The predicted octanol–water partition coefficient (Wildman–Crippen LogP) is 1.97. The zero-order chi connectivity index (χ0) is 21.1. The molecule has 0 radical (unpaired) electrons. The number of methoxy groups -OCH3 is 2. The Morgan fingerprint density at radius 1 is 1.31 bits per heavy atom. The zero-order valence-corrected chi connectivity index (χ0v) is 18.0. The fourth-order valence-corrected chi connectivity index (χ4v) is 4.03. The second kappa shape index (κ2) is 8.84. The number of aromatic nitrogens is 2. The minimum absolute atomic E-state index is 0.336. The highest BCUT2D eigenvalue weighted by molar-refractivity contribution is 6.13. The monoisotopic (exact) mass is 400 g/mol. The van der Waals surface area contributed by atoms with Crippen LogP contribution in [0.25, 0.3) is 0 Å². The van der Waals surface area contributed by atoms with Gasteiger partial charge in [0.2, 0.25) is 0 Å². The van der Waals surface area contributed by atoms with Gasteiger partial charge in [-0.05, 0) is 32.0 Å². The van der Waals surface area contributed by atoms with Gasteiger partial charge in [0.05, 0.1) is 25.1 Å². The van der Waals surface area contributed by atoms with Crippen molar-refractivity contribution in [2.75, 3.05) is 51.1 Å². The van der Waals surface area contributed by atoms with Gasteiger partial charge < -0.3 is 20.1 Å². The molecule has 0 spiro atoms. The largest absolute Gasteiger partial charge is 0.497 e. The van der Waals surface area contributed by atoms with Gasteiger partial charge in [-0.3, -0.25) is 15.0 Å². The highest BCUT2D eigenvalue weighted by Gasteiger charge is 2.29. The van der Waals surface area contributed by atoms with Crippen LogP contribution >= 0.6 is 0 Å². The van der Waals surface area contributed by atoms with Gasteiger partial charge in [-0.15, -0.1) is 0 Å². The number of piperazine rings is 1. The van der Waals surface area contributed by atoms with Crippen molar-refractivity contribution in [2.24, 2.45) is 7.05 Å². The molecule has 0 saturated carbocycles. The highest BCUT2D eigenvalue weighted by atomic mass is 16.5. The Morgan fingerprint density at radius 3 is 2.72 bits per heavy atom. The molecule has 8 heteroatoms. The lowest BCUT2D eigenvalue weighted by Crippen LogP contribution is -2.55. The molecule has 0 aliphatic carbocycles. The second-order valence-electron chi connectivity index (χ2n) is 7.68. The fourth-order valence-electron chi connectivity index (χ4n) is 4.03. The van der Waals surface area contributed by atoms with Crippen LogP contribution in [0.3, 0.4) is 0 Å². The van der Waals surface area contributed by atoms with Crippen LogP contribution in [-0.4, -0.2) is 72.9 Å². The van der Waals surface area contributed by atoms with Gasteiger partial charge in [-0.1, -0.05) is 0 Å². The summed E-state index contributed by atoms with van der Waals surface area (Å²) in [6.07, 6.45) is 0. The lowest BCUT2D eigenvalue weighted by atomic mass is 10.0. The molecule has 1 aliphatic heterocycles. The van der Waals surface area contributed by atoms with Gasteiger partial charge in [0.15, 0.2) is 5.82 Å². The van der Waals surface area contributed by atoms with Crippen molar-refractivity contribution in [1.29, 1.82) is 5.41 Å². The second-order valence-corrected chi connectivity index (χ2v) is 7.68. The van der Waals surface area contributed by atoms with E-state index in [1.807, 2.05) is 13.1 Å². The molecule has 1 aliphatic rings. The summed E-state index contributed by atoms with van der Waals surface area (Å²) in [5, 5.41) is 13.4. The first-order chi connectivity index (χ1) is 13.8. The maximum Gasteiger partial charge on any atom is 0.151 e. The minimum Gasteiger partial charge on any atom is -0.497 e. The van der Waals surface area contributed by atoms with Crippen LogP contribution in [0.1, 0.15) is 25.1 Å². The number of nitrogens with one attached hydrogen (secondary N) is 1. The number of hydrogen-bond donors (Lipinski definition) is 2. The number of benzene rings is 1. The van der Waals surface area contributed by atoms with Gasteiger partial charge in [0.1, 0.15) is 5.75 Å². The lowest BCUT2D eigenvalue weighted by Gasteiger charge is -2.42. The first kappa shape index (κ1) is 21.1. The average Bonchev–Trinajstić information content (AvgIpc) is 3.09. The molecule has 1 fully saturated rings. The Morgan fingerprint density at radius 2 is 2.07 bits per heavy atom. The molecule has 2 heterocycles. The predicted molar refractivity (Wildman–Crippen MR) is 116 cm³/mol. The van der Waals surface area contributed by atoms with Crippen molar-refractivity contribution in [3.05, 3.63) is 35.5 Å². The number of aryl methyl sites for hydroxylation is 1. The summed E-state index contributed by atoms with van der Waals surface area (Å²) < 4.78 is 12.4. The summed E-state index contributed by atoms with van der Waals surface area (Å²) in [5.74, 6) is 1.57. The Kier molecular flexibility index (Phi) is 6.44. The summed E-state index contributed by atoms with van der Waals surface area (Å²) in [6.45, 7) is 7.91. The molecule has 1 aromatic heterocycles. The summed E-state index contributed by atoms with van der Waals surface area (Å²) in [4.78, 5) is 4.76. The van der Waals surface area contributed by atoms with E-state index in [1.165, 1.54) is 0 Å². The molecule has 0 bridgehead atoms. The van der Waals surface area contributed by atoms with Gasteiger partial charge in [0, 0.05) is 63.2 Å². The smallest absolute Gasteiger partial charge is 0.151 e. The van der Waals surface area contributed by atoms with Crippen LogP contribution < -0.4 is 15.4 Å². The molecule has 3 rings (SSSR count). The van der Waals surface area contributed by atoms with Crippen molar-refractivity contribution in [1.82, 2.24) is 14.7 Å². The van der Waals surface area contributed by atoms with E-state index in [0.717, 1.165) is 37.8 Å². The first-order valence-electron chi connectivity index (χ1n) is 9.92. The van der Waals surface area contributed by atoms with Crippen LogP contribution in [-0.2, 0) is 11.8 Å². The molecule has 1 saturated heterocycles. The quantitative estimate of drug-likeness (QED) is 0.545. The van der Waals surface area contributed by atoms with E-state index >= 15 is 0 Å². The van der Waals surface area contributed by atoms with Crippen LogP contribution in [0, 0.1) is 5.41 Å². The number of nitrogen functional groups attached to an aromatic ring is 1.